The molecule has 1 rings (SSSR count). The summed E-state index contributed by atoms with van der Waals surface area (Å²) in [6, 6.07) is 5.79. The molecular weight excluding hydrogens is 298 g/mol. The molecule has 1 aromatic carbocycles. The molecule has 1 aromatic rings. The minimum absolute atomic E-state index is 0. The molecule has 0 aromatic heterocycles. The largest absolute Gasteiger partial charge is 0.497 e. The fourth-order valence-corrected chi connectivity index (χ4v) is 1.16. The standard InChI is InChI=1S/C7H7IOS.K/c1-9-5-2-3-6(8)7(10)4-5;/h2-4,10H,1H3;. The molecule has 0 heterocycles. The third-order valence-electron chi connectivity index (χ3n) is 1.15. The van der Waals surface area contributed by atoms with Crippen LogP contribution in [0.1, 0.15) is 0 Å². The van der Waals surface area contributed by atoms with Crippen LogP contribution in [0, 0.1) is 3.57 Å². The molecule has 0 aliphatic rings. The molecule has 0 bridgehead atoms. The summed E-state index contributed by atoms with van der Waals surface area (Å²) < 4.78 is 6.14. The third kappa shape index (κ3) is 3.97. The van der Waals surface area contributed by atoms with Crippen molar-refractivity contribution in [1.29, 1.82) is 0 Å². The van der Waals surface area contributed by atoms with Gasteiger partial charge in [-0.1, -0.05) is 0 Å². The quantitative estimate of drug-likeness (QED) is 0.475. The Morgan fingerprint density at radius 1 is 1.45 bits per heavy atom. The first-order valence-corrected chi connectivity index (χ1v) is 4.29. The van der Waals surface area contributed by atoms with Gasteiger partial charge >= 0.3 is 0 Å². The van der Waals surface area contributed by atoms with Crippen LogP contribution in [0.25, 0.3) is 0 Å². The molecule has 0 spiro atoms. The summed E-state index contributed by atoms with van der Waals surface area (Å²) in [7, 11) is 1.65. The average Bonchev–Trinajstić information content (AvgIpc) is 1.95. The van der Waals surface area contributed by atoms with Gasteiger partial charge < -0.3 is 4.74 Å². The van der Waals surface area contributed by atoms with Crippen LogP contribution < -0.4 is 4.74 Å². The second kappa shape index (κ2) is 6.23. The van der Waals surface area contributed by atoms with Crippen molar-refractivity contribution >= 4 is 86.6 Å². The Kier molecular flexibility index (Phi) is 7.21. The van der Waals surface area contributed by atoms with Crippen molar-refractivity contribution in [1.82, 2.24) is 0 Å². The Bertz CT molecular complexity index is 242. The predicted octanol–water partition coefficient (Wildman–Crippen LogP) is 2.21. The van der Waals surface area contributed by atoms with Crippen LogP contribution in [0.5, 0.6) is 5.75 Å². The zero-order chi connectivity index (χ0) is 7.56. The van der Waals surface area contributed by atoms with E-state index in [1.807, 2.05) is 18.2 Å². The van der Waals surface area contributed by atoms with Crippen LogP contribution in [0.2, 0.25) is 0 Å². The molecule has 0 fully saturated rings. The maximum Gasteiger partial charge on any atom is 0.120 e. The van der Waals surface area contributed by atoms with Crippen molar-refractivity contribution in [3.8, 4) is 5.75 Å². The normalized spacial score (nSPS) is 8.64. The van der Waals surface area contributed by atoms with E-state index in [2.05, 4.69) is 35.2 Å². The first-order valence-electron chi connectivity index (χ1n) is 2.76. The number of hydrogen-bond acceptors (Lipinski definition) is 2. The summed E-state index contributed by atoms with van der Waals surface area (Å²) in [5.74, 6) is 0.852. The van der Waals surface area contributed by atoms with Crippen LogP contribution >= 0.6 is 35.2 Å². The molecule has 0 saturated carbocycles. The van der Waals surface area contributed by atoms with E-state index in [-0.39, 0.29) is 51.4 Å². The Morgan fingerprint density at radius 3 is 2.55 bits per heavy atom. The molecule has 0 amide bonds. The van der Waals surface area contributed by atoms with E-state index in [0.717, 1.165) is 14.2 Å². The van der Waals surface area contributed by atoms with Gasteiger partial charge in [0.05, 0.1) is 7.11 Å². The summed E-state index contributed by atoms with van der Waals surface area (Å²) >= 11 is 6.46. The van der Waals surface area contributed by atoms with Crippen molar-refractivity contribution in [3.63, 3.8) is 0 Å². The number of thiol groups is 1. The molecule has 0 atom stereocenters. The zero-order valence-corrected chi connectivity index (χ0v) is 12.6. The van der Waals surface area contributed by atoms with Crippen LogP contribution in [0.3, 0.4) is 0 Å². The van der Waals surface area contributed by atoms with Gasteiger partial charge in [-0.05, 0) is 40.8 Å². The van der Waals surface area contributed by atoms with Crippen LogP contribution in [-0.4, -0.2) is 58.5 Å². The first kappa shape index (κ1) is 12.7. The Labute approximate surface area is 128 Å². The molecule has 0 N–H and O–H groups in total. The second-order valence-corrected chi connectivity index (χ2v) is 3.46. The number of halogens is 1. The maximum absolute atomic E-state index is 5.00. The topological polar surface area (TPSA) is 9.23 Å². The van der Waals surface area contributed by atoms with Gasteiger partial charge in [-0.25, -0.2) is 0 Å². The molecule has 0 saturated heterocycles. The minimum Gasteiger partial charge on any atom is -0.497 e. The fraction of sp³-hybridized carbons (Fsp3) is 0.143. The van der Waals surface area contributed by atoms with Gasteiger partial charge in [-0.3, -0.25) is 0 Å². The van der Waals surface area contributed by atoms with Crippen molar-refractivity contribution in [3.05, 3.63) is 21.8 Å². The van der Waals surface area contributed by atoms with E-state index in [1.165, 1.54) is 0 Å². The molecule has 55 valence electrons. The summed E-state index contributed by atoms with van der Waals surface area (Å²) in [6.07, 6.45) is 0. The monoisotopic (exact) mass is 305 g/mol. The SMILES string of the molecule is COc1ccc(I)c(S)c1.[K]. The molecular formula is C7H7IKOS. The Hall–Kier alpha value is 1.74. The number of rotatable bonds is 1. The number of hydrogen-bond donors (Lipinski definition) is 1. The van der Waals surface area contributed by atoms with E-state index in [1.54, 1.807) is 7.11 Å². The van der Waals surface area contributed by atoms with Gasteiger partial charge in [0, 0.05) is 59.9 Å². The third-order valence-corrected chi connectivity index (χ3v) is 2.89. The zero-order valence-electron chi connectivity index (χ0n) is 6.47. The minimum atomic E-state index is 0. The summed E-state index contributed by atoms with van der Waals surface area (Å²) in [5.41, 5.74) is 0. The van der Waals surface area contributed by atoms with Crippen molar-refractivity contribution in [2.24, 2.45) is 0 Å². The van der Waals surface area contributed by atoms with Crippen molar-refractivity contribution in [2.75, 3.05) is 7.11 Å². The van der Waals surface area contributed by atoms with Gasteiger partial charge in [-0.2, -0.15) is 0 Å². The van der Waals surface area contributed by atoms with E-state index < -0.39 is 0 Å². The van der Waals surface area contributed by atoms with Crippen molar-refractivity contribution < 1.29 is 4.74 Å². The van der Waals surface area contributed by atoms with Crippen LogP contribution in [0.4, 0.5) is 0 Å². The first-order chi connectivity index (χ1) is 4.74. The maximum atomic E-state index is 5.00. The summed E-state index contributed by atoms with van der Waals surface area (Å²) in [6.45, 7) is 0. The Morgan fingerprint density at radius 2 is 2.09 bits per heavy atom. The van der Waals surface area contributed by atoms with Crippen LogP contribution in [0.15, 0.2) is 23.1 Å². The number of ether oxygens (including phenoxy) is 1. The number of benzene rings is 1. The average molecular weight is 305 g/mol. The van der Waals surface area contributed by atoms with E-state index in [0.29, 0.717) is 0 Å². The molecule has 0 aliphatic heterocycles. The van der Waals surface area contributed by atoms with Gasteiger partial charge in [-0.15, -0.1) is 12.6 Å². The Balaban J connectivity index is 0.000001000. The van der Waals surface area contributed by atoms with Gasteiger partial charge in [0.15, 0.2) is 0 Å². The summed E-state index contributed by atoms with van der Waals surface area (Å²) in [5, 5.41) is 0. The predicted molar refractivity (Wildman–Crippen MR) is 58.7 cm³/mol. The van der Waals surface area contributed by atoms with E-state index >= 15 is 0 Å². The smallest absolute Gasteiger partial charge is 0.120 e. The molecule has 4 heteroatoms. The molecule has 11 heavy (non-hydrogen) atoms. The van der Waals surface area contributed by atoms with E-state index in [4.69, 9.17) is 4.74 Å². The summed E-state index contributed by atoms with van der Waals surface area (Å²) in [4.78, 5) is 0.958. The molecule has 1 radical (unpaired) electrons. The van der Waals surface area contributed by atoms with Gasteiger partial charge in [0.25, 0.3) is 0 Å². The molecule has 1 nitrogen and oxygen atoms in total. The molecule has 0 unspecified atom stereocenters. The fourth-order valence-electron chi connectivity index (χ4n) is 0.619. The van der Waals surface area contributed by atoms with Crippen molar-refractivity contribution in [2.45, 2.75) is 4.90 Å². The number of methoxy groups -OCH3 is 1. The van der Waals surface area contributed by atoms with Crippen LogP contribution in [-0.2, 0) is 0 Å². The van der Waals surface area contributed by atoms with Gasteiger partial charge in [0.2, 0.25) is 0 Å². The van der Waals surface area contributed by atoms with E-state index in [9.17, 15) is 0 Å². The molecule has 0 aliphatic carbocycles. The second-order valence-electron chi connectivity index (χ2n) is 1.82. The van der Waals surface area contributed by atoms with Gasteiger partial charge in [0.1, 0.15) is 5.75 Å².